The van der Waals surface area contributed by atoms with Gasteiger partial charge < -0.3 is 14.6 Å². The summed E-state index contributed by atoms with van der Waals surface area (Å²) in [6.45, 7) is 1.27. The number of aromatic nitrogens is 2. The Morgan fingerprint density at radius 1 is 1.30 bits per heavy atom. The Bertz CT molecular complexity index is 822. The number of hydrogen-bond acceptors (Lipinski definition) is 4. The average Bonchev–Trinajstić information content (AvgIpc) is 3.17. The van der Waals surface area contributed by atoms with Crippen LogP contribution in [0.5, 0.6) is 0 Å². The Morgan fingerprint density at radius 3 is 2.91 bits per heavy atom. The van der Waals surface area contributed by atoms with Crippen molar-refractivity contribution < 1.29 is 9.53 Å². The zero-order chi connectivity index (χ0) is 16.2. The molecule has 0 fully saturated rings. The maximum absolute atomic E-state index is 12.1. The van der Waals surface area contributed by atoms with E-state index in [4.69, 9.17) is 4.74 Å². The Morgan fingerprint density at radius 2 is 2.13 bits per heavy atom. The van der Waals surface area contributed by atoms with Gasteiger partial charge in [-0.15, -0.1) is 11.3 Å². The van der Waals surface area contributed by atoms with E-state index in [1.165, 1.54) is 11.3 Å². The number of carbonyl (C=O) groups excluding carboxylic acids is 1. The van der Waals surface area contributed by atoms with Crippen molar-refractivity contribution >= 4 is 28.3 Å². The molecule has 0 atom stereocenters. The lowest BCUT2D eigenvalue weighted by Gasteiger charge is -2.02. The van der Waals surface area contributed by atoms with E-state index in [0.29, 0.717) is 18.0 Å². The van der Waals surface area contributed by atoms with Crippen molar-refractivity contribution in [1.29, 1.82) is 0 Å². The van der Waals surface area contributed by atoms with Gasteiger partial charge in [0, 0.05) is 27.3 Å². The molecule has 0 saturated carbocycles. The lowest BCUT2D eigenvalue weighted by Crippen LogP contribution is -2.24. The van der Waals surface area contributed by atoms with E-state index < -0.39 is 0 Å². The number of para-hydroxylation sites is 2. The highest BCUT2D eigenvalue weighted by Crippen LogP contribution is 2.29. The van der Waals surface area contributed by atoms with Crippen LogP contribution in [0, 0.1) is 0 Å². The molecule has 6 heteroatoms. The quantitative estimate of drug-likeness (QED) is 0.707. The van der Waals surface area contributed by atoms with Crippen molar-refractivity contribution in [3.63, 3.8) is 0 Å². The van der Waals surface area contributed by atoms with Gasteiger partial charge >= 0.3 is 0 Å². The van der Waals surface area contributed by atoms with Gasteiger partial charge in [-0.25, -0.2) is 4.98 Å². The van der Waals surface area contributed by atoms with Crippen molar-refractivity contribution in [1.82, 2.24) is 14.9 Å². The van der Waals surface area contributed by atoms with Gasteiger partial charge in [0.2, 0.25) is 0 Å². The predicted molar refractivity (Wildman–Crippen MR) is 92.9 cm³/mol. The standard InChI is InChI=1S/C17H19N3O2S/c1-20-13-7-4-3-6-12(13)19-16(20)14-8-9-15(23-14)17(21)18-10-5-11-22-2/h3-4,6-9H,5,10-11H2,1-2H3,(H,18,21). The second-order valence-corrected chi connectivity index (χ2v) is 6.33. The fraction of sp³-hybridized carbons (Fsp3) is 0.294. The molecule has 1 amide bonds. The fourth-order valence-corrected chi connectivity index (χ4v) is 3.40. The van der Waals surface area contributed by atoms with E-state index in [0.717, 1.165) is 28.2 Å². The molecule has 0 spiro atoms. The number of benzene rings is 1. The van der Waals surface area contributed by atoms with Gasteiger partial charge in [0.05, 0.1) is 20.8 Å². The SMILES string of the molecule is COCCCNC(=O)c1ccc(-c2nc3ccccc3n2C)s1. The summed E-state index contributed by atoms with van der Waals surface area (Å²) in [7, 11) is 3.65. The summed E-state index contributed by atoms with van der Waals surface area (Å²) >= 11 is 1.46. The monoisotopic (exact) mass is 329 g/mol. The molecule has 1 aromatic carbocycles. The number of fused-ring (bicyclic) bond motifs is 1. The third kappa shape index (κ3) is 3.28. The second kappa shape index (κ2) is 6.93. The van der Waals surface area contributed by atoms with Crippen LogP contribution in [0.4, 0.5) is 0 Å². The van der Waals surface area contributed by atoms with Crippen molar-refractivity contribution in [2.45, 2.75) is 6.42 Å². The molecule has 3 aromatic rings. The molecule has 1 N–H and O–H groups in total. The van der Waals surface area contributed by atoms with Gasteiger partial charge in [-0.2, -0.15) is 0 Å². The number of nitrogens with zero attached hydrogens (tertiary/aromatic N) is 2. The van der Waals surface area contributed by atoms with Gasteiger partial charge in [-0.3, -0.25) is 4.79 Å². The number of amides is 1. The molecule has 3 rings (SSSR count). The molecule has 2 aromatic heterocycles. The van der Waals surface area contributed by atoms with Gasteiger partial charge in [-0.05, 0) is 30.7 Å². The number of nitrogens with one attached hydrogen (secondary N) is 1. The number of imidazole rings is 1. The van der Waals surface area contributed by atoms with Crippen molar-refractivity contribution in [2.75, 3.05) is 20.3 Å². The minimum absolute atomic E-state index is 0.0453. The van der Waals surface area contributed by atoms with Gasteiger partial charge in [0.1, 0.15) is 0 Å². The Hall–Kier alpha value is -2.18. The summed E-state index contributed by atoms with van der Waals surface area (Å²) in [6, 6.07) is 11.8. The molecule has 5 nitrogen and oxygen atoms in total. The molecule has 0 aliphatic heterocycles. The minimum Gasteiger partial charge on any atom is -0.385 e. The summed E-state index contributed by atoms with van der Waals surface area (Å²) in [5.41, 5.74) is 2.05. The van der Waals surface area contributed by atoms with Gasteiger partial charge in [0.25, 0.3) is 5.91 Å². The summed E-state index contributed by atoms with van der Waals surface area (Å²) in [5, 5.41) is 2.90. The second-order valence-electron chi connectivity index (χ2n) is 5.25. The van der Waals surface area contributed by atoms with Crippen LogP contribution >= 0.6 is 11.3 Å². The van der Waals surface area contributed by atoms with E-state index >= 15 is 0 Å². The molecular weight excluding hydrogens is 310 g/mol. The first-order valence-corrected chi connectivity index (χ1v) is 8.31. The number of methoxy groups -OCH3 is 1. The normalized spacial score (nSPS) is 11.0. The smallest absolute Gasteiger partial charge is 0.261 e. The molecule has 0 aliphatic carbocycles. The van der Waals surface area contributed by atoms with Gasteiger partial charge in [0.15, 0.2) is 5.82 Å². The Kier molecular flexibility index (Phi) is 4.73. The lowest BCUT2D eigenvalue weighted by molar-refractivity contribution is 0.0952. The van der Waals surface area contributed by atoms with Crippen LogP contribution in [0.25, 0.3) is 21.7 Å². The van der Waals surface area contributed by atoms with Crippen LogP contribution < -0.4 is 5.32 Å². The van der Waals surface area contributed by atoms with Crippen LogP contribution in [0.3, 0.4) is 0 Å². The average molecular weight is 329 g/mol. The number of hydrogen-bond donors (Lipinski definition) is 1. The van der Waals surface area contributed by atoms with E-state index in [1.54, 1.807) is 7.11 Å². The summed E-state index contributed by atoms with van der Waals surface area (Å²) in [5.74, 6) is 0.839. The van der Waals surface area contributed by atoms with Crippen LogP contribution in [0.2, 0.25) is 0 Å². The molecule has 23 heavy (non-hydrogen) atoms. The number of carbonyl (C=O) groups is 1. The largest absolute Gasteiger partial charge is 0.385 e. The maximum atomic E-state index is 12.1. The summed E-state index contributed by atoms with van der Waals surface area (Å²) in [6.07, 6.45) is 0.811. The van der Waals surface area contributed by atoms with Crippen molar-refractivity contribution in [3.8, 4) is 10.7 Å². The molecule has 2 heterocycles. The summed E-state index contributed by atoms with van der Waals surface area (Å²) < 4.78 is 7.03. The first-order chi connectivity index (χ1) is 11.2. The molecule has 0 unspecified atom stereocenters. The maximum Gasteiger partial charge on any atom is 0.261 e. The minimum atomic E-state index is -0.0453. The van der Waals surface area contributed by atoms with Crippen LogP contribution in [0.15, 0.2) is 36.4 Å². The molecule has 0 radical (unpaired) electrons. The zero-order valence-corrected chi connectivity index (χ0v) is 14.0. The van der Waals surface area contributed by atoms with E-state index in [2.05, 4.69) is 14.9 Å². The molecule has 120 valence electrons. The third-order valence-corrected chi connectivity index (χ3v) is 4.73. The molecular formula is C17H19N3O2S. The highest BCUT2D eigenvalue weighted by molar-refractivity contribution is 7.17. The Balaban J connectivity index is 1.78. The predicted octanol–water partition coefficient (Wildman–Crippen LogP) is 3.07. The molecule has 0 saturated heterocycles. The highest BCUT2D eigenvalue weighted by atomic mass is 32.1. The zero-order valence-electron chi connectivity index (χ0n) is 13.2. The van der Waals surface area contributed by atoms with Crippen molar-refractivity contribution in [3.05, 3.63) is 41.3 Å². The van der Waals surface area contributed by atoms with Crippen LogP contribution in [-0.4, -0.2) is 35.7 Å². The topological polar surface area (TPSA) is 56.1 Å². The van der Waals surface area contributed by atoms with Crippen LogP contribution in [0.1, 0.15) is 16.1 Å². The number of ether oxygens (including phenoxy) is 1. The first kappa shape index (κ1) is 15.7. The lowest BCUT2D eigenvalue weighted by atomic mass is 10.3. The van der Waals surface area contributed by atoms with Gasteiger partial charge in [-0.1, -0.05) is 12.1 Å². The van der Waals surface area contributed by atoms with Crippen molar-refractivity contribution in [2.24, 2.45) is 7.05 Å². The van der Waals surface area contributed by atoms with Crippen LogP contribution in [-0.2, 0) is 11.8 Å². The van der Waals surface area contributed by atoms with E-state index in [1.807, 2.05) is 43.4 Å². The first-order valence-electron chi connectivity index (χ1n) is 7.49. The number of rotatable bonds is 6. The Labute approximate surface area is 138 Å². The van der Waals surface area contributed by atoms with E-state index in [-0.39, 0.29) is 5.91 Å². The number of thiophene rings is 1. The highest BCUT2D eigenvalue weighted by Gasteiger charge is 2.14. The molecule has 0 aliphatic rings. The third-order valence-electron chi connectivity index (χ3n) is 3.65. The molecule has 0 bridgehead atoms. The number of aryl methyl sites for hydroxylation is 1. The fourth-order valence-electron chi connectivity index (χ4n) is 2.45. The van der Waals surface area contributed by atoms with E-state index in [9.17, 15) is 4.79 Å². The summed E-state index contributed by atoms with van der Waals surface area (Å²) in [4.78, 5) is 18.5.